The lowest BCUT2D eigenvalue weighted by Gasteiger charge is -2.24. The molecule has 18 heavy (non-hydrogen) atoms. The van der Waals surface area contributed by atoms with Gasteiger partial charge in [0.25, 0.3) is 10.1 Å². The van der Waals surface area contributed by atoms with Gasteiger partial charge in [-0.3, -0.25) is 4.18 Å². The molecule has 1 N–H and O–H groups in total. The summed E-state index contributed by atoms with van der Waals surface area (Å²) in [6.07, 6.45) is 0.864. The zero-order valence-electron chi connectivity index (χ0n) is 10.2. The van der Waals surface area contributed by atoms with E-state index in [-0.39, 0.29) is 17.1 Å². The predicted octanol–water partition coefficient (Wildman–Crippen LogP) is 0.628. The van der Waals surface area contributed by atoms with Gasteiger partial charge in [0, 0.05) is 18.4 Å². The SMILES string of the molecule is CCCNC(=O)OC1C2CC3C1OS(=O)(=O)C3C2. The van der Waals surface area contributed by atoms with Crippen molar-refractivity contribution >= 4 is 16.2 Å². The van der Waals surface area contributed by atoms with E-state index in [4.69, 9.17) is 8.92 Å². The normalized spacial score (nSPS) is 43.1. The molecular weight excluding hydrogens is 258 g/mol. The van der Waals surface area contributed by atoms with Gasteiger partial charge in [0.05, 0.1) is 5.25 Å². The van der Waals surface area contributed by atoms with E-state index in [1.807, 2.05) is 6.92 Å². The topological polar surface area (TPSA) is 81.7 Å². The van der Waals surface area contributed by atoms with Crippen LogP contribution in [0.2, 0.25) is 0 Å². The molecular formula is C11H17NO5S. The van der Waals surface area contributed by atoms with Gasteiger partial charge in [-0.1, -0.05) is 6.92 Å². The lowest BCUT2D eigenvalue weighted by atomic mass is 9.94. The summed E-state index contributed by atoms with van der Waals surface area (Å²) in [7, 11) is -3.43. The van der Waals surface area contributed by atoms with E-state index in [2.05, 4.69) is 5.32 Å². The van der Waals surface area contributed by atoms with E-state index in [0.29, 0.717) is 13.0 Å². The molecule has 7 heteroatoms. The van der Waals surface area contributed by atoms with Gasteiger partial charge in [-0.15, -0.1) is 0 Å². The Labute approximate surface area is 106 Å². The van der Waals surface area contributed by atoms with Crippen molar-refractivity contribution in [3.8, 4) is 0 Å². The van der Waals surface area contributed by atoms with Crippen LogP contribution in [-0.2, 0) is 19.0 Å². The second-order valence-corrected chi connectivity index (χ2v) is 7.07. The van der Waals surface area contributed by atoms with Crippen molar-refractivity contribution < 1.29 is 22.1 Å². The van der Waals surface area contributed by atoms with Gasteiger partial charge in [-0.25, -0.2) is 4.79 Å². The van der Waals surface area contributed by atoms with Gasteiger partial charge in [0.2, 0.25) is 0 Å². The van der Waals surface area contributed by atoms with Crippen molar-refractivity contribution in [3.63, 3.8) is 0 Å². The molecule has 1 heterocycles. The third kappa shape index (κ3) is 1.72. The second-order valence-electron chi connectivity index (χ2n) is 5.28. The summed E-state index contributed by atoms with van der Waals surface area (Å²) in [6.45, 7) is 2.52. The quantitative estimate of drug-likeness (QED) is 0.764. The number of ether oxygens (including phenoxy) is 1. The molecule has 2 saturated carbocycles. The molecule has 0 radical (unpaired) electrons. The van der Waals surface area contributed by atoms with Crippen LogP contribution in [0.25, 0.3) is 0 Å². The highest BCUT2D eigenvalue weighted by Gasteiger charge is 2.65. The minimum absolute atomic E-state index is 0.0176. The molecule has 0 spiro atoms. The molecule has 5 unspecified atom stereocenters. The second kappa shape index (κ2) is 4.09. The molecule has 0 aromatic heterocycles. The van der Waals surface area contributed by atoms with Crippen molar-refractivity contribution in [3.05, 3.63) is 0 Å². The number of alkyl carbamates (subject to hydrolysis) is 1. The number of rotatable bonds is 3. The first kappa shape index (κ1) is 12.2. The number of carbonyl (C=O) groups excluding carboxylic acids is 1. The molecule has 0 aromatic rings. The summed E-state index contributed by atoms with van der Waals surface area (Å²) >= 11 is 0. The fraction of sp³-hybridized carbons (Fsp3) is 0.909. The highest BCUT2D eigenvalue weighted by molar-refractivity contribution is 7.87. The monoisotopic (exact) mass is 275 g/mol. The van der Waals surface area contributed by atoms with Gasteiger partial charge in [-0.05, 0) is 19.3 Å². The van der Waals surface area contributed by atoms with Crippen molar-refractivity contribution in [1.82, 2.24) is 5.32 Å². The summed E-state index contributed by atoms with van der Waals surface area (Å²) in [5, 5.41) is 2.26. The molecule has 6 nitrogen and oxygen atoms in total. The standard InChI is InChI=1S/C11H17NO5S/c1-2-3-12-11(13)16-9-6-4-7-8(5-6)18(14,15)17-10(7)9/h6-10H,2-5H2,1H3,(H,12,13). The number of hydrogen-bond donors (Lipinski definition) is 1. The largest absolute Gasteiger partial charge is 0.443 e. The maximum atomic E-state index is 11.7. The molecule has 5 atom stereocenters. The van der Waals surface area contributed by atoms with Crippen LogP contribution in [0.3, 0.4) is 0 Å². The van der Waals surface area contributed by atoms with E-state index in [1.165, 1.54) is 0 Å². The Morgan fingerprint density at radius 1 is 1.44 bits per heavy atom. The van der Waals surface area contributed by atoms with Crippen LogP contribution in [0.4, 0.5) is 4.79 Å². The zero-order valence-corrected chi connectivity index (χ0v) is 11.0. The molecule has 0 aromatic carbocycles. The number of hydrogen-bond acceptors (Lipinski definition) is 5. The lowest BCUT2D eigenvalue weighted by Crippen LogP contribution is -2.40. The molecule has 3 rings (SSSR count). The van der Waals surface area contributed by atoms with Gasteiger partial charge in [0.15, 0.2) is 0 Å². The van der Waals surface area contributed by atoms with E-state index in [0.717, 1.165) is 12.8 Å². The molecule has 2 bridgehead atoms. The Balaban J connectivity index is 1.68. The smallest absolute Gasteiger partial charge is 0.407 e. The molecule has 3 fully saturated rings. The third-order valence-corrected chi connectivity index (χ3v) is 5.95. The summed E-state index contributed by atoms with van der Waals surface area (Å²) in [5.41, 5.74) is 0. The number of nitrogens with one attached hydrogen (secondary N) is 1. The first-order valence-electron chi connectivity index (χ1n) is 6.39. The van der Waals surface area contributed by atoms with E-state index in [1.54, 1.807) is 0 Å². The lowest BCUT2D eigenvalue weighted by molar-refractivity contribution is 0.00568. The number of carbonyl (C=O) groups is 1. The van der Waals surface area contributed by atoms with Crippen LogP contribution < -0.4 is 5.32 Å². The summed E-state index contributed by atoms with van der Waals surface area (Å²) in [6, 6.07) is 0. The highest BCUT2D eigenvalue weighted by Crippen LogP contribution is 2.55. The molecule has 1 aliphatic heterocycles. The van der Waals surface area contributed by atoms with Crippen LogP contribution in [0, 0.1) is 11.8 Å². The summed E-state index contributed by atoms with van der Waals surface area (Å²) < 4.78 is 33.9. The van der Waals surface area contributed by atoms with E-state index in [9.17, 15) is 13.2 Å². The number of fused-ring (bicyclic) bond motifs is 1. The predicted molar refractivity (Wildman–Crippen MR) is 62.4 cm³/mol. The third-order valence-electron chi connectivity index (χ3n) is 4.18. The maximum Gasteiger partial charge on any atom is 0.407 e. The first-order chi connectivity index (χ1) is 8.53. The molecule has 102 valence electrons. The van der Waals surface area contributed by atoms with Gasteiger partial charge >= 0.3 is 6.09 Å². The zero-order chi connectivity index (χ0) is 12.9. The van der Waals surface area contributed by atoms with Crippen LogP contribution in [0.1, 0.15) is 26.2 Å². The van der Waals surface area contributed by atoms with Crippen molar-refractivity contribution in [1.29, 1.82) is 0 Å². The van der Waals surface area contributed by atoms with Crippen LogP contribution in [0.15, 0.2) is 0 Å². The number of amides is 1. The molecule has 1 saturated heterocycles. The minimum Gasteiger partial charge on any atom is -0.443 e. The Morgan fingerprint density at radius 3 is 2.94 bits per heavy atom. The maximum absolute atomic E-state index is 11.7. The van der Waals surface area contributed by atoms with Crippen molar-refractivity contribution in [2.24, 2.45) is 11.8 Å². The van der Waals surface area contributed by atoms with Crippen LogP contribution in [0.5, 0.6) is 0 Å². The van der Waals surface area contributed by atoms with E-state index >= 15 is 0 Å². The van der Waals surface area contributed by atoms with Gasteiger partial charge < -0.3 is 10.1 Å². The Kier molecular flexibility index (Phi) is 2.78. The van der Waals surface area contributed by atoms with Gasteiger partial charge in [-0.2, -0.15) is 8.42 Å². The molecule has 1 amide bonds. The molecule has 3 aliphatic rings. The molecule has 2 aliphatic carbocycles. The van der Waals surface area contributed by atoms with Crippen molar-refractivity contribution in [2.75, 3.05) is 6.54 Å². The summed E-state index contributed by atoms with van der Waals surface area (Å²) in [4.78, 5) is 11.5. The van der Waals surface area contributed by atoms with E-state index < -0.39 is 28.4 Å². The summed E-state index contributed by atoms with van der Waals surface area (Å²) in [5.74, 6) is 0.152. The van der Waals surface area contributed by atoms with Crippen LogP contribution >= 0.6 is 0 Å². The van der Waals surface area contributed by atoms with Crippen molar-refractivity contribution in [2.45, 2.75) is 43.6 Å². The van der Waals surface area contributed by atoms with Crippen LogP contribution in [-0.4, -0.2) is 38.5 Å². The minimum atomic E-state index is -3.43. The van der Waals surface area contributed by atoms with Gasteiger partial charge in [0.1, 0.15) is 12.2 Å². The highest BCUT2D eigenvalue weighted by atomic mass is 32.2. The average molecular weight is 275 g/mol. The fourth-order valence-electron chi connectivity index (χ4n) is 3.44. The first-order valence-corrected chi connectivity index (χ1v) is 7.86. The Bertz CT molecular complexity index is 462. The Hall–Kier alpha value is -0.820. The Morgan fingerprint density at radius 2 is 2.22 bits per heavy atom. The fourth-order valence-corrected chi connectivity index (χ4v) is 5.32. The average Bonchev–Trinajstić information content (AvgIpc) is 2.90.